The summed E-state index contributed by atoms with van der Waals surface area (Å²) in [5.41, 5.74) is 3.22. The van der Waals surface area contributed by atoms with Gasteiger partial charge in [-0.2, -0.15) is 0 Å². The minimum atomic E-state index is 0.155. The Morgan fingerprint density at radius 2 is 1.85 bits per heavy atom. The molecular weight excluding hydrogens is 250 g/mol. The van der Waals surface area contributed by atoms with E-state index >= 15 is 0 Å². The SMILES string of the molecule is CCCCc1ccc(CC(=O)Cc2cc(C)no2)cc1. The lowest BCUT2D eigenvalue weighted by Crippen LogP contribution is -2.06. The highest BCUT2D eigenvalue weighted by Crippen LogP contribution is 2.10. The fraction of sp³-hybridized carbons (Fsp3) is 0.412. The Kier molecular flexibility index (Phi) is 5.10. The van der Waals surface area contributed by atoms with Crippen molar-refractivity contribution in [2.24, 2.45) is 0 Å². The topological polar surface area (TPSA) is 43.1 Å². The third kappa shape index (κ3) is 4.34. The molecule has 0 amide bonds. The summed E-state index contributed by atoms with van der Waals surface area (Å²) in [6.07, 6.45) is 4.30. The van der Waals surface area contributed by atoms with Crippen molar-refractivity contribution >= 4 is 5.78 Å². The van der Waals surface area contributed by atoms with Gasteiger partial charge in [0, 0.05) is 12.5 Å². The summed E-state index contributed by atoms with van der Waals surface area (Å²) in [6, 6.07) is 10.2. The van der Waals surface area contributed by atoms with Gasteiger partial charge in [-0.25, -0.2) is 0 Å². The molecule has 1 heterocycles. The standard InChI is InChI=1S/C17H21NO2/c1-3-4-5-14-6-8-15(9-7-14)11-16(19)12-17-10-13(2)18-20-17/h6-10H,3-5,11-12H2,1-2H3. The molecule has 3 heteroatoms. The molecule has 106 valence electrons. The van der Waals surface area contributed by atoms with E-state index in [0.29, 0.717) is 18.6 Å². The van der Waals surface area contributed by atoms with Gasteiger partial charge in [0.2, 0.25) is 0 Å². The van der Waals surface area contributed by atoms with Crippen LogP contribution < -0.4 is 0 Å². The van der Waals surface area contributed by atoms with E-state index in [4.69, 9.17) is 4.52 Å². The first-order valence-electron chi connectivity index (χ1n) is 7.19. The molecule has 0 unspecified atom stereocenters. The summed E-state index contributed by atoms with van der Waals surface area (Å²) in [5.74, 6) is 0.800. The van der Waals surface area contributed by atoms with Gasteiger partial charge in [-0.15, -0.1) is 0 Å². The number of hydrogen-bond donors (Lipinski definition) is 0. The van der Waals surface area contributed by atoms with Gasteiger partial charge in [0.15, 0.2) is 0 Å². The Balaban J connectivity index is 1.87. The minimum absolute atomic E-state index is 0.155. The van der Waals surface area contributed by atoms with Gasteiger partial charge in [-0.1, -0.05) is 42.8 Å². The van der Waals surface area contributed by atoms with Gasteiger partial charge in [0.25, 0.3) is 0 Å². The maximum Gasteiger partial charge on any atom is 0.144 e. The third-order valence-corrected chi connectivity index (χ3v) is 3.29. The lowest BCUT2D eigenvalue weighted by molar-refractivity contribution is -0.118. The van der Waals surface area contributed by atoms with Crippen molar-refractivity contribution in [3.8, 4) is 0 Å². The fourth-order valence-corrected chi connectivity index (χ4v) is 2.19. The summed E-state index contributed by atoms with van der Waals surface area (Å²) >= 11 is 0. The lowest BCUT2D eigenvalue weighted by Gasteiger charge is -2.03. The molecule has 0 N–H and O–H groups in total. The molecule has 3 nitrogen and oxygen atoms in total. The summed E-state index contributed by atoms with van der Waals surface area (Å²) in [7, 11) is 0. The van der Waals surface area contributed by atoms with Crippen LogP contribution in [0.1, 0.15) is 42.3 Å². The fourth-order valence-electron chi connectivity index (χ4n) is 2.19. The van der Waals surface area contributed by atoms with Crippen LogP contribution in [0.3, 0.4) is 0 Å². The monoisotopic (exact) mass is 271 g/mol. The molecule has 2 rings (SSSR count). The van der Waals surface area contributed by atoms with Crippen molar-refractivity contribution in [2.45, 2.75) is 46.0 Å². The molecule has 0 radical (unpaired) electrons. The number of carbonyl (C=O) groups is 1. The molecule has 0 fully saturated rings. The average Bonchev–Trinajstić information content (AvgIpc) is 2.83. The summed E-state index contributed by atoms with van der Waals surface area (Å²) in [4.78, 5) is 12.0. The van der Waals surface area contributed by atoms with Gasteiger partial charge in [0.1, 0.15) is 11.5 Å². The number of benzene rings is 1. The molecule has 0 saturated heterocycles. The Hall–Kier alpha value is -1.90. The quantitative estimate of drug-likeness (QED) is 0.771. The van der Waals surface area contributed by atoms with Gasteiger partial charge in [-0.3, -0.25) is 4.79 Å². The Morgan fingerprint density at radius 1 is 1.15 bits per heavy atom. The first-order chi connectivity index (χ1) is 9.67. The molecule has 0 atom stereocenters. The first-order valence-corrected chi connectivity index (χ1v) is 7.19. The lowest BCUT2D eigenvalue weighted by atomic mass is 10.0. The number of aryl methyl sites for hydroxylation is 2. The van der Waals surface area contributed by atoms with E-state index in [2.05, 4.69) is 36.3 Å². The van der Waals surface area contributed by atoms with Crippen molar-refractivity contribution in [2.75, 3.05) is 0 Å². The molecule has 1 aromatic heterocycles. The predicted molar refractivity (Wildman–Crippen MR) is 78.7 cm³/mol. The highest BCUT2D eigenvalue weighted by molar-refractivity contribution is 5.82. The van der Waals surface area contributed by atoms with E-state index in [0.717, 1.165) is 17.7 Å². The van der Waals surface area contributed by atoms with E-state index < -0.39 is 0 Å². The van der Waals surface area contributed by atoms with Crippen molar-refractivity contribution in [3.63, 3.8) is 0 Å². The van der Waals surface area contributed by atoms with Crippen LogP contribution in [0, 0.1) is 6.92 Å². The zero-order valence-corrected chi connectivity index (χ0v) is 12.2. The van der Waals surface area contributed by atoms with E-state index in [-0.39, 0.29) is 5.78 Å². The molecule has 0 saturated carbocycles. The Labute approximate surface area is 120 Å². The van der Waals surface area contributed by atoms with E-state index in [1.54, 1.807) is 0 Å². The number of aromatic nitrogens is 1. The van der Waals surface area contributed by atoms with Gasteiger partial charge < -0.3 is 4.52 Å². The highest BCUT2D eigenvalue weighted by Gasteiger charge is 2.09. The molecule has 0 aliphatic heterocycles. The Bertz CT molecular complexity index is 555. The maximum absolute atomic E-state index is 12.0. The maximum atomic E-state index is 12.0. The van der Waals surface area contributed by atoms with Crippen LogP contribution >= 0.6 is 0 Å². The molecule has 0 aliphatic carbocycles. The molecule has 20 heavy (non-hydrogen) atoms. The summed E-state index contributed by atoms with van der Waals surface area (Å²) in [6.45, 7) is 4.05. The van der Waals surface area contributed by atoms with Crippen LogP contribution in [0.4, 0.5) is 0 Å². The molecule has 2 aromatic rings. The van der Waals surface area contributed by atoms with Crippen LogP contribution in [-0.4, -0.2) is 10.9 Å². The second kappa shape index (κ2) is 7.04. The second-order valence-electron chi connectivity index (χ2n) is 5.25. The number of Topliss-reactive ketones (excluding diaryl/α,β-unsaturated/α-hetero) is 1. The molecule has 0 spiro atoms. The van der Waals surface area contributed by atoms with Crippen molar-refractivity contribution < 1.29 is 9.32 Å². The smallest absolute Gasteiger partial charge is 0.144 e. The van der Waals surface area contributed by atoms with Crippen molar-refractivity contribution in [1.29, 1.82) is 0 Å². The van der Waals surface area contributed by atoms with E-state index in [1.807, 2.05) is 13.0 Å². The van der Waals surface area contributed by atoms with Crippen LogP contribution in [0.2, 0.25) is 0 Å². The Morgan fingerprint density at radius 3 is 2.45 bits per heavy atom. The normalized spacial score (nSPS) is 10.7. The van der Waals surface area contributed by atoms with Crippen LogP contribution in [-0.2, 0) is 24.1 Å². The van der Waals surface area contributed by atoms with E-state index in [1.165, 1.54) is 18.4 Å². The second-order valence-corrected chi connectivity index (χ2v) is 5.25. The number of unbranched alkanes of at least 4 members (excludes halogenated alkanes) is 1. The summed E-state index contributed by atoms with van der Waals surface area (Å²) in [5, 5.41) is 3.79. The van der Waals surface area contributed by atoms with Crippen LogP contribution in [0.5, 0.6) is 0 Å². The molecule has 0 bridgehead atoms. The minimum Gasteiger partial charge on any atom is -0.361 e. The number of rotatable bonds is 7. The van der Waals surface area contributed by atoms with Crippen molar-refractivity contribution in [3.05, 3.63) is 52.9 Å². The zero-order valence-electron chi connectivity index (χ0n) is 12.2. The molecule has 0 aliphatic rings. The predicted octanol–water partition coefficient (Wildman–Crippen LogP) is 3.68. The van der Waals surface area contributed by atoms with Crippen LogP contribution in [0.15, 0.2) is 34.9 Å². The van der Waals surface area contributed by atoms with Gasteiger partial charge in [0.05, 0.1) is 12.1 Å². The van der Waals surface area contributed by atoms with Crippen LogP contribution in [0.25, 0.3) is 0 Å². The van der Waals surface area contributed by atoms with Gasteiger partial charge in [-0.05, 0) is 30.9 Å². The largest absolute Gasteiger partial charge is 0.361 e. The van der Waals surface area contributed by atoms with Crippen molar-refractivity contribution in [1.82, 2.24) is 5.16 Å². The summed E-state index contributed by atoms with van der Waals surface area (Å²) < 4.78 is 5.07. The van der Waals surface area contributed by atoms with Gasteiger partial charge >= 0.3 is 0 Å². The zero-order chi connectivity index (χ0) is 14.4. The highest BCUT2D eigenvalue weighted by atomic mass is 16.5. The van der Waals surface area contributed by atoms with E-state index in [9.17, 15) is 4.79 Å². The number of carbonyl (C=O) groups excluding carboxylic acids is 1. The average molecular weight is 271 g/mol. The number of ketones is 1. The first kappa shape index (κ1) is 14.5. The third-order valence-electron chi connectivity index (χ3n) is 3.29. The number of nitrogens with zero attached hydrogens (tertiary/aromatic N) is 1. The molecular formula is C17H21NO2. The molecule has 1 aromatic carbocycles. The number of hydrogen-bond acceptors (Lipinski definition) is 3.